The van der Waals surface area contributed by atoms with Gasteiger partial charge in [0, 0.05) is 17.9 Å². The van der Waals surface area contributed by atoms with Crippen molar-refractivity contribution in [1.82, 2.24) is 0 Å². The zero-order valence-corrected chi connectivity index (χ0v) is 18.0. The summed E-state index contributed by atoms with van der Waals surface area (Å²) < 4.78 is 6.74. The van der Waals surface area contributed by atoms with Crippen molar-refractivity contribution in [2.24, 2.45) is 17.3 Å². The molecule has 0 aromatic heterocycles. The molecule has 1 saturated heterocycles. The highest BCUT2D eigenvalue weighted by Gasteiger charge is 2.48. The lowest BCUT2D eigenvalue weighted by atomic mass is 9.65. The molecule has 0 radical (unpaired) electrons. The maximum atomic E-state index is 6.74. The van der Waals surface area contributed by atoms with Crippen LogP contribution in [0.4, 0.5) is 0 Å². The summed E-state index contributed by atoms with van der Waals surface area (Å²) >= 11 is 0. The molecule has 0 aromatic carbocycles. The molecule has 2 fully saturated rings. The van der Waals surface area contributed by atoms with Crippen LogP contribution in [0, 0.1) is 17.3 Å². The molecule has 3 unspecified atom stereocenters. The minimum atomic E-state index is -0.602. The molecular formula is C24H38OS. The van der Waals surface area contributed by atoms with Crippen molar-refractivity contribution >= 4 is 10.0 Å². The van der Waals surface area contributed by atoms with E-state index in [4.69, 9.17) is 4.74 Å². The standard InChI is InChI=1S/C24H38OS/c1-19-17-22(26(3)15-9-10-16-26)21-13-7-8-14-24(21,2)23(19)25-18-20-11-5-4-6-12-20/h7-8,13,17,19-20,23H,4-6,9-12,14-16,18H2,1-3H3. The summed E-state index contributed by atoms with van der Waals surface area (Å²) in [5.74, 6) is 4.22. The normalized spacial score (nSPS) is 38.4. The Hall–Kier alpha value is -0.470. The number of hydrogen-bond donors (Lipinski definition) is 0. The van der Waals surface area contributed by atoms with E-state index in [1.807, 2.05) is 0 Å². The van der Waals surface area contributed by atoms with Gasteiger partial charge in [-0.05, 0) is 66.3 Å². The molecule has 0 aromatic rings. The predicted molar refractivity (Wildman–Crippen MR) is 116 cm³/mol. The molecule has 3 aliphatic carbocycles. The fraction of sp³-hybridized carbons (Fsp3) is 0.750. The van der Waals surface area contributed by atoms with Gasteiger partial charge in [0.05, 0.1) is 6.10 Å². The maximum Gasteiger partial charge on any atom is 0.0732 e. The summed E-state index contributed by atoms with van der Waals surface area (Å²) in [7, 11) is -0.602. The largest absolute Gasteiger partial charge is 0.376 e. The van der Waals surface area contributed by atoms with Gasteiger partial charge in [-0.3, -0.25) is 0 Å². The van der Waals surface area contributed by atoms with Crippen molar-refractivity contribution in [2.45, 2.75) is 71.3 Å². The molecule has 0 spiro atoms. The van der Waals surface area contributed by atoms with Gasteiger partial charge in [-0.1, -0.05) is 57.4 Å². The third kappa shape index (κ3) is 3.37. The molecule has 4 rings (SSSR count). The van der Waals surface area contributed by atoms with Crippen LogP contribution < -0.4 is 0 Å². The highest BCUT2D eigenvalue weighted by Crippen LogP contribution is 2.65. The van der Waals surface area contributed by atoms with Gasteiger partial charge >= 0.3 is 0 Å². The molecule has 2 heteroatoms. The van der Waals surface area contributed by atoms with E-state index in [-0.39, 0.29) is 5.41 Å². The van der Waals surface area contributed by atoms with Crippen LogP contribution in [0.5, 0.6) is 0 Å². The van der Waals surface area contributed by atoms with E-state index in [0.717, 1.165) is 18.9 Å². The molecule has 146 valence electrons. The molecule has 1 heterocycles. The Balaban J connectivity index is 1.59. The SMILES string of the molecule is CC1C=C(S2(C)CCCC2)C2=CC=CCC2(C)C1OCC1CCCCC1. The lowest BCUT2D eigenvalue weighted by Gasteiger charge is -2.51. The summed E-state index contributed by atoms with van der Waals surface area (Å²) in [6.07, 6.45) is 23.7. The fourth-order valence-electron chi connectivity index (χ4n) is 5.93. The predicted octanol–water partition coefficient (Wildman–Crippen LogP) is 6.61. The van der Waals surface area contributed by atoms with Gasteiger partial charge in [-0.25, -0.2) is 10.0 Å². The number of allylic oxidation sites excluding steroid dienone is 4. The van der Waals surface area contributed by atoms with Gasteiger partial charge in [0.1, 0.15) is 0 Å². The Morgan fingerprint density at radius 1 is 1.12 bits per heavy atom. The summed E-state index contributed by atoms with van der Waals surface area (Å²) in [5, 5.41) is 0. The van der Waals surface area contributed by atoms with Gasteiger partial charge in [0.25, 0.3) is 0 Å². The molecule has 0 amide bonds. The number of rotatable bonds is 4. The number of hydrogen-bond acceptors (Lipinski definition) is 1. The Bertz CT molecular complexity index is 604. The minimum absolute atomic E-state index is 0.172. The minimum Gasteiger partial charge on any atom is -0.376 e. The van der Waals surface area contributed by atoms with E-state index in [9.17, 15) is 0 Å². The smallest absolute Gasteiger partial charge is 0.0732 e. The molecule has 1 saturated carbocycles. The first-order valence-corrected chi connectivity index (χ1v) is 13.4. The molecule has 1 nitrogen and oxygen atoms in total. The van der Waals surface area contributed by atoms with Gasteiger partial charge in [0.2, 0.25) is 0 Å². The molecule has 26 heavy (non-hydrogen) atoms. The topological polar surface area (TPSA) is 9.23 Å². The average Bonchev–Trinajstić information content (AvgIpc) is 3.09. The Morgan fingerprint density at radius 3 is 2.58 bits per heavy atom. The Kier molecular flexibility index (Phi) is 5.45. The third-order valence-corrected chi connectivity index (χ3v) is 11.3. The Morgan fingerprint density at radius 2 is 1.85 bits per heavy atom. The average molecular weight is 375 g/mol. The third-order valence-electron chi connectivity index (χ3n) is 7.55. The molecule has 4 aliphatic rings. The summed E-state index contributed by atoms with van der Waals surface area (Å²) in [5.41, 5.74) is 1.80. The highest BCUT2D eigenvalue weighted by atomic mass is 32.3. The monoisotopic (exact) mass is 374 g/mol. The Labute approximate surface area is 162 Å². The summed E-state index contributed by atoms with van der Waals surface area (Å²) in [6.45, 7) is 5.90. The van der Waals surface area contributed by atoms with Crippen LogP contribution in [-0.4, -0.2) is 30.5 Å². The first-order chi connectivity index (χ1) is 12.5. The molecule has 0 bridgehead atoms. The molecule has 0 N–H and O–H groups in total. The van der Waals surface area contributed by atoms with E-state index < -0.39 is 10.0 Å². The van der Waals surface area contributed by atoms with Crippen LogP contribution in [0.15, 0.2) is 34.8 Å². The molecule has 3 atom stereocenters. The molecule has 1 aliphatic heterocycles. The van der Waals surface area contributed by atoms with Gasteiger partial charge in [-0.15, -0.1) is 0 Å². The van der Waals surface area contributed by atoms with E-state index in [1.165, 1.54) is 56.5 Å². The van der Waals surface area contributed by atoms with Crippen LogP contribution in [0.1, 0.15) is 65.2 Å². The van der Waals surface area contributed by atoms with Crippen molar-refractivity contribution in [3.8, 4) is 0 Å². The second-order valence-electron chi connectivity index (χ2n) is 9.67. The maximum absolute atomic E-state index is 6.74. The zero-order valence-electron chi connectivity index (χ0n) is 17.1. The second kappa shape index (κ2) is 7.51. The summed E-state index contributed by atoms with van der Waals surface area (Å²) in [4.78, 5) is 1.74. The lowest BCUT2D eigenvalue weighted by Crippen LogP contribution is -2.45. The highest BCUT2D eigenvalue weighted by molar-refractivity contribution is 8.36. The summed E-state index contributed by atoms with van der Waals surface area (Å²) in [6, 6.07) is 0. The van der Waals surface area contributed by atoms with E-state index in [2.05, 4.69) is 44.4 Å². The van der Waals surface area contributed by atoms with Crippen LogP contribution in [0.2, 0.25) is 0 Å². The van der Waals surface area contributed by atoms with Crippen molar-refractivity contribution in [1.29, 1.82) is 0 Å². The van der Waals surface area contributed by atoms with Crippen molar-refractivity contribution < 1.29 is 4.74 Å². The lowest BCUT2D eigenvalue weighted by molar-refractivity contribution is -0.0588. The van der Waals surface area contributed by atoms with Crippen LogP contribution in [0.25, 0.3) is 0 Å². The van der Waals surface area contributed by atoms with Gasteiger partial charge in [0.15, 0.2) is 0 Å². The second-order valence-corrected chi connectivity index (χ2v) is 13.5. The zero-order chi connectivity index (χ0) is 18.2. The quantitative estimate of drug-likeness (QED) is 0.538. The number of ether oxygens (including phenoxy) is 1. The van der Waals surface area contributed by atoms with Crippen LogP contribution in [0.3, 0.4) is 0 Å². The van der Waals surface area contributed by atoms with Crippen molar-refractivity contribution in [3.63, 3.8) is 0 Å². The first-order valence-electron chi connectivity index (χ1n) is 11.0. The van der Waals surface area contributed by atoms with Crippen LogP contribution >= 0.6 is 10.0 Å². The van der Waals surface area contributed by atoms with E-state index >= 15 is 0 Å². The first kappa shape index (κ1) is 18.9. The fourth-order valence-corrected chi connectivity index (χ4v) is 9.63. The van der Waals surface area contributed by atoms with Gasteiger partial charge < -0.3 is 4.74 Å². The number of fused-ring (bicyclic) bond motifs is 1. The van der Waals surface area contributed by atoms with E-state index in [0.29, 0.717) is 12.0 Å². The van der Waals surface area contributed by atoms with Crippen molar-refractivity contribution in [2.75, 3.05) is 24.4 Å². The van der Waals surface area contributed by atoms with E-state index in [1.54, 1.807) is 10.5 Å². The van der Waals surface area contributed by atoms with Crippen LogP contribution in [-0.2, 0) is 4.74 Å². The van der Waals surface area contributed by atoms with Gasteiger partial charge in [-0.2, -0.15) is 0 Å². The van der Waals surface area contributed by atoms with Crippen molar-refractivity contribution in [3.05, 3.63) is 34.8 Å². The molecular weight excluding hydrogens is 336 g/mol.